The van der Waals surface area contributed by atoms with Crippen LogP contribution in [0.2, 0.25) is 0 Å². The molecule has 1 heterocycles. The number of nitrogen functional groups attached to an aromatic ring is 1. The maximum Gasteiger partial charge on any atom is 0.155 e. The van der Waals surface area contributed by atoms with Crippen LogP contribution in [0.4, 0.5) is 5.69 Å². The number of nitrogens with two attached hydrogens (primary N) is 1. The Labute approximate surface area is 125 Å². The fourth-order valence-corrected chi connectivity index (χ4v) is 2.44. The molecule has 0 amide bonds. The average molecular weight is 365 g/mol. The highest BCUT2D eigenvalue weighted by atomic mass is 127. The highest BCUT2D eigenvalue weighted by Gasteiger charge is 2.08. The molecule has 2 N–H and O–H groups in total. The highest BCUT2D eigenvalue weighted by Crippen LogP contribution is 2.29. The molecule has 0 aliphatic heterocycles. The van der Waals surface area contributed by atoms with Crippen molar-refractivity contribution in [3.8, 4) is 11.8 Å². The Morgan fingerprint density at radius 1 is 1.37 bits per heavy atom. The molecule has 1 aromatic carbocycles. The van der Waals surface area contributed by atoms with Crippen molar-refractivity contribution in [1.82, 2.24) is 4.98 Å². The molecule has 0 aliphatic rings. The number of nitrogens with zero attached hydrogens (tertiary/aromatic N) is 2. The standard InChI is InChI=1S/C14H12IN3O/c15-12-7-10(9-16)8-13(17)14(12)19-6-4-11-3-1-2-5-18-11/h1-3,5,7-8H,4,6,17H2. The smallest absolute Gasteiger partial charge is 0.155 e. The van der Waals surface area contributed by atoms with Crippen molar-refractivity contribution in [1.29, 1.82) is 5.26 Å². The zero-order valence-corrected chi connectivity index (χ0v) is 12.3. The number of rotatable bonds is 4. The van der Waals surface area contributed by atoms with Gasteiger partial charge in [0.05, 0.1) is 27.5 Å². The largest absolute Gasteiger partial charge is 0.490 e. The van der Waals surface area contributed by atoms with Gasteiger partial charge in [-0.05, 0) is 46.9 Å². The molecule has 0 bridgehead atoms. The van der Waals surface area contributed by atoms with Gasteiger partial charge in [0, 0.05) is 18.3 Å². The first kappa shape index (κ1) is 13.6. The van der Waals surface area contributed by atoms with E-state index in [2.05, 4.69) is 33.6 Å². The third-order valence-corrected chi connectivity index (χ3v) is 3.33. The van der Waals surface area contributed by atoms with Gasteiger partial charge in [-0.1, -0.05) is 6.07 Å². The third-order valence-electron chi connectivity index (χ3n) is 2.53. The molecule has 0 saturated heterocycles. The summed E-state index contributed by atoms with van der Waals surface area (Å²) in [6.07, 6.45) is 2.48. The fourth-order valence-electron chi connectivity index (χ4n) is 1.64. The Morgan fingerprint density at radius 3 is 2.84 bits per heavy atom. The maximum atomic E-state index is 8.84. The molecule has 4 nitrogen and oxygen atoms in total. The lowest BCUT2D eigenvalue weighted by Crippen LogP contribution is -2.06. The number of pyridine rings is 1. The van der Waals surface area contributed by atoms with Crippen molar-refractivity contribution in [2.75, 3.05) is 12.3 Å². The predicted octanol–water partition coefficient (Wildman–Crippen LogP) is 2.76. The molecule has 0 spiro atoms. The van der Waals surface area contributed by atoms with E-state index in [-0.39, 0.29) is 0 Å². The molecule has 0 aliphatic carbocycles. The molecular weight excluding hydrogens is 353 g/mol. The number of aromatic nitrogens is 1. The Morgan fingerprint density at radius 2 is 2.21 bits per heavy atom. The van der Waals surface area contributed by atoms with E-state index in [1.54, 1.807) is 18.3 Å². The van der Waals surface area contributed by atoms with Crippen molar-refractivity contribution in [2.45, 2.75) is 6.42 Å². The van der Waals surface area contributed by atoms with E-state index < -0.39 is 0 Å². The molecule has 1 aromatic heterocycles. The lowest BCUT2D eigenvalue weighted by molar-refractivity contribution is 0.320. The number of hydrogen-bond acceptors (Lipinski definition) is 4. The quantitative estimate of drug-likeness (QED) is 0.668. The van der Waals surface area contributed by atoms with E-state index in [0.717, 1.165) is 15.7 Å². The minimum atomic E-state index is 0.490. The van der Waals surface area contributed by atoms with Crippen LogP contribution in [0.15, 0.2) is 36.5 Å². The summed E-state index contributed by atoms with van der Waals surface area (Å²) in [7, 11) is 0. The summed E-state index contributed by atoms with van der Waals surface area (Å²) in [6.45, 7) is 0.503. The van der Waals surface area contributed by atoms with Gasteiger partial charge in [-0.15, -0.1) is 0 Å². The van der Waals surface area contributed by atoms with Crippen molar-refractivity contribution >= 4 is 28.3 Å². The molecule has 0 fully saturated rings. The molecule has 19 heavy (non-hydrogen) atoms. The first-order valence-electron chi connectivity index (χ1n) is 5.72. The molecule has 0 saturated carbocycles. The number of ether oxygens (including phenoxy) is 1. The lowest BCUT2D eigenvalue weighted by atomic mass is 10.2. The molecule has 96 valence electrons. The molecule has 0 unspecified atom stereocenters. The van der Waals surface area contributed by atoms with Gasteiger partial charge in [0.2, 0.25) is 0 Å². The van der Waals surface area contributed by atoms with Gasteiger partial charge in [-0.2, -0.15) is 5.26 Å². The van der Waals surface area contributed by atoms with Gasteiger partial charge in [-0.3, -0.25) is 4.98 Å². The molecule has 2 rings (SSSR count). The minimum Gasteiger partial charge on any atom is -0.490 e. The summed E-state index contributed by atoms with van der Waals surface area (Å²) in [6, 6.07) is 11.2. The van der Waals surface area contributed by atoms with Crippen LogP contribution in [-0.4, -0.2) is 11.6 Å². The first-order valence-corrected chi connectivity index (χ1v) is 6.80. The number of anilines is 1. The second kappa shape index (κ2) is 6.38. The van der Waals surface area contributed by atoms with Gasteiger partial charge in [-0.25, -0.2) is 0 Å². The van der Waals surface area contributed by atoms with Crippen LogP contribution in [-0.2, 0) is 6.42 Å². The number of halogens is 1. The van der Waals surface area contributed by atoms with E-state index in [1.165, 1.54) is 0 Å². The SMILES string of the molecule is N#Cc1cc(N)c(OCCc2ccccn2)c(I)c1. The van der Waals surface area contributed by atoms with Gasteiger partial charge in [0.25, 0.3) is 0 Å². The second-order valence-corrected chi connectivity index (χ2v) is 5.07. The van der Waals surface area contributed by atoms with Crippen molar-refractivity contribution in [3.05, 3.63) is 51.4 Å². The Hall–Kier alpha value is -1.81. The third kappa shape index (κ3) is 3.58. The van der Waals surface area contributed by atoms with Crippen molar-refractivity contribution in [2.24, 2.45) is 0 Å². The van der Waals surface area contributed by atoms with E-state index in [9.17, 15) is 0 Å². The highest BCUT2D eigenvalue weighted by molar-refractivity contribution is 14.1. The van der Waals surface area contributed by atoms with Crippen LogP contribution >= 0.6 is 22.6 Å². The first-order chi connectivity index (χ1) is 9.20. The Kier molecular flexibility index (Phi) is 4.58. The number of nitriles is 1. The summed E-state index contributed by atoms with van der Waals surface area (Å²) in [5, 5.41) is 8.84. The maximum absolute atomic E-state index is 8.84. The van der Waals surface area contributed by atoms with E-state index in [4.69, 9.17) is 15.7 Å². The van der Waals surface area contributed by atoms with Crippen molar-refractivity contribution < 1.29 is 4.74 Å². The van der Waals surface area contributed by atoms with Gasteiger partial charge in [0.1, 0.15) is 0 Å². The summed E-state index contributed by atoms with van der Waals surface area (Å²) >= 11 is 2.12. The molecule has 2 aromatic rings. The van der Waals surface area contributed by atoms with Crippen LogP contribution in [0.5, 0.6) is 5.75 Å². The zero-order valence-electron chi connectivity index (χ0n) is 10.1. The Bertz CT molecular complexity index is 585. The van der Waals surface area contributed by atoms with Crippen LogP contribution < -0.4 is 10.5 Å². The van der Waals surface area contributed by atoms with Gasteiger partial charge >= 0.3 is 0 Å². The second-order valence-electron chi connectivity index (χ2n) is 3.91. The predicted molar refractivity (Wildman–Crippen MR) is 81.7 cm³/mol. The summed E-state index contributed by atoms with van der Waals surface area (Å²) in [5.74, 6) is 0.635. The average Bonchev–Trinajstić information content (AvgIpc) is 2.42. The summed E-state index contributed by atoms with van der Waals surface area (Å²) in [4.78, 5) is 4.23. The molecule has 0 radical (unpaired) electrons. The monoisotopic (exact) mass is 365 g/mol. The zero-order chi connectivity index (χ0) is 13.7. The minimum absolute atomic E-state index is 0.490. The lowest BCUT2D eigenvalue weighted by Gasteiger charge is -2.11. The van der Waals surface area contributed by atoms with E-state index >= 15 is 0 Å². The van der Waals surface area contributed by atoms with Crippen LogP contribution in [0.25, 0.3) is 0 Å². The van der Waals surface area contributed by atoms with E-state index in [1.807, 2.05) is 18.2 Å². The molecule has 5 heteroatoms. The van der Waals surface area contributed by atoms with Crippen LogP contribution in [0.1, 0.15) is 11.3 Å². The summed E-state index contributed by atoms with van der Waals surface area (Å²) in [5.41, 5.74) is 7.89. The van der Waals surface area contributed by atoms with Crippen LogP contribution in [0, 0.1) is 14.9 Å². The van der Waals surface area contributed by atoms with E-state index in [0.29, 0.717) is 23.6 Å². The Balaban J connectivity index is 2.02. The molecule has 0 atom stereocenters. The van der Waals surface area contributed by atoms with Crippen molar-refractivity contribution in [3.63, 3.8) is 0 Å². The van der Waals surface area contributed by atoms with Gasteiger partial charge < -0.3 is 10.5 Å². The molecular formula is C14H12IN3O. The number of benzene rings is 1. The van der Waals surface area contributed by atoms with Gasteiger partial charge in [0.15, 0.2) is 5.75 Å². The fraction of sp³-hybridized carbons (Fsp3) is 0.143. The van der Waals surface area contributed by atoms with Crippen LogP contribution in [0.3, 0.4) is 0 Å². The normalized spacial score (nSPS) is 9.89. The number of hydrogen-bond donors (Lipinski definition) is 1. The topological polar surface area (TPSA) is 71.9 Å². The summed E-state index contributed by atoms with van der Waals surface area (Å²) < 4.78 is 6.53.